The number of benzene rings is 3. The standard InChI is InChI=1S/C29H19BrCl2N2O3S/c1-2-37-29(36)26-21(16-7-10-18(30)11-8-16)15-38-28(26)34-27(35)20-14-25(17-9-12-22(31)23(32)13-17)33-24-6-4-3-5-19(20)24/h3-15H,2H2,1H3,(H,34,35). The summed E-state index contributed by atoms with van der Waals surface area (Å²) in [5, 5.41) is 6.70. The molecule has 0 aliphatic carbocycles. The molecule has 3 aromatic carbocycles. The summed E-state index contributed by atoms with van der Waals surface area (Å²) in [5.74, 6) is -0.877. The molecule has 0 spiro atoms. The highest BCUT2D eigenvalue weighted by atomic mass is 79.9. The van der Waals surface area contributed by atoms with Gasteiger partial charge >= 0.3 is 5.97 Å². The van der Waals surface area contributed by atoms with Crippen molar-refractivity contribution in [3.05, 3.63) is 104 Å². The van der Waals surface area contributed by atoms with Gasteiger partial charge in [-0.25, -0.2) is 9.78 Å². The lowest BCUT2D eigenvalue weighted by atomic mass is 10.0. The second-order valence-electron chi connectivity index (χ2n) is 8.24. The topological polar surface area (TPSA) is 68.3 Å². The third-order valence-electron chi connectivity index (χ3n) is 5.83. The molecule has 5 rings (SSSR count). The largest absolute Gasteiger partial charge is 0.462 e. The summed E-state index contributed by atoms with van der Waals surface area (Å²) in [6.07, 6.45) is 0. The highest BCUT2D eigenvalue weighted by Crippen LogP contribution is 2.37. The molecule has 0 atom stereocenters. The van der Waals surface area contributed by atoms with Crippen molar-refractivity contribution < 1.29 is 14.3 Å². The summed E-state index contributed by atoms with van der Waals surface area (Å²) in [6.45, 7) is 1.96. The molecule has 0 unspecified atom stereocenters. The van der Waals surface area contributed by atoms with Gasteiger partial charge in [0.05, 0.1) is 33.4 Å². The second-order valence-corrected chi connectivity index (χ2v) is 10.8. The number of thiophene rings is 1. The molecule has 0 bridgehead atoms. The molecule has 0 saturated carbocycles. The van der Waals surface area contributed by atoms with Gasteiger partial charge in [0, 0.05) is 26.4 Å². The van der Waals surface area contributed by atoms with E-state index in [9.17, 15) is 9.59 Å². The summed E-state index contributed by atoms with van der Waals surface area (Å²) in [7, 11) is 0. The van der Waals surface area contributed by atoms with Gasteiger partial charge in [0.2, 0.25) is 0 Å². The first kappa shape index (κ1) is 26.4. The number of fused-ring (bicyclic) bond motifs is 1. The molecule has 190 valence electrons. The molecule has 1 amide bonds. The predicted molar refractivity (Wildman–Crippen MR) is 159 cm³/mol. The van der Waals surface area contributed by atoms with Crippen LogP contribution in [0.1, 0.15) is 27.6 Å². The molecule has 0 aliphatic rings. The highest BCUT2D eigenvalue weighted by molar-refractivity contribution is 9.10. The lowest BCUT2D eigenvalue weighted by Crippen LogP contribution is -2.15. The minimum atomic E-state index is -0.502. The molecule has 0 fully saturated rings. The van der Waals surface area contributed by atoms with Crippen molar-refractivity contribution in [1.29, 1.82) is 0 Å². The Morgan fingerprint density at radius 1 is 0.974 bits per heavy atom. The third-order valence-corrected chi connectivity index (χ3v) is 7.99. The molecule has 9 heteroatoms. The van der Waals surface area contributed by atoms with Crippen LogP contribution < -0.4 is 5.32 Å². The van der Waals surface area contributed by atoms with Crippen molar-refractivity contribution in [3.8, 4) is 22.4 Å². The van der Waals surface area contributed by atoms with Crippen LogP contribution in [0.5, 0.6) is 0 Å². The van der Waals surface area contributed by atoms with E-state index in [2.05, 4.69) is 21.2 Å². The van der Waals surface area contributed by atoms with Gasteiger partial charge in [-0.1, -0.05) is 75.5 Å². The van der Waals surface area contributed by atoms with E-state index in [4.69, 9.17) is 32.9 Å². The minimum Gasteiger partial charge on any atom is -0.462 e. The van der Waals surface area contributed by atoms with Crippen molar-refractivity contribution in [3.63, 3.8) is 0 Å². The van der Waals surface area contributed by atoms with Gasteiger partial charge in [-0.3, -0.25) is 4.79 Å². The average Bonchev–Trinajstić information content (AvgIpc) is 3.33. The fourth-order valence-electron chi connectivity index (χ4n) is 4.03. The fourth-order valence-corrected chi connectivity index (χ4v) is 5.55. The summed E-state index contributed by atoms with van der Waals surface area (Å²) >= 11 is 17.0. The van der Waals surface area contributed by atoms with Crippen LogP contribution in [0, 0.1) is 0 Å². The number of aromatic nitrogens is 1. The van der Waals surface area contributed by atoms with E-state index in [-0.39, 0.29) is 12.5 Å². The van der Waals surface area contributed by atoms with Crippen molar-refractivity contribution in [2.24, 2.45) is 0 Å². The van der Waals surface area contributed by atoms with Gasteiger partial charge < -0.3 is 10.1 Å². The Morgan fingerprint density at radius 2 is 1.71 bits per heavy atom. The van der Waals surface area contributed by atoms with Crippen molar-refractivity contribution in [2.75, 3.05) is 11.9 Å². The Balaban J connectivity index is 1.58. The molecule has 1 N–H and O–H groups in total. The molecule has 0 saturated heterocycles. The number of amides is 1. The van der Waals surface area contributed by atoms with E-state index in [1.54, 1.807) is 31.2 Å². The number of rotatable bonds is 6. The number of nitrogens with one attached hydrogen (secondary N) is 1. The van der Waals surface area contributed by atoms with Crippen LogP contribution >= 0.6 is 50.5 Å². The van der Waals surface area contributed by atoms with Crippen LogP contribution in [0.4, 0.5) is 5.00 Å². The number of hydrogen-bond donors (Lipinski definition) is 1. The normalized spacial score (nSPS) is 10.9. The Morgan fingerprint density at radius 3 is 2.45 bits per heavy atom. The van der Waals surface area contributed by atoms with Crippen LogP contribution in [-0.2, 0) is 4.74 Å². The maximum absolute atomic E-state index is 13.7. The van der Waals surface area contributed by atoms with Crippen LogP contribution in [0.2, 0.25) is 10.0 Å². The van der Waals surface area contributed by atoms with E-state index >= 15 is 0 Å². The molecule has 5 aromatic rings. The van der Waals surface area contributed by atoms with Crippen LogP contribution in [-0.4, -0.2) is 23.5 Å². The maximum Gasteiger partial charge on any atom is 0.341 e. The average molecular weight is 626 g/mol. The number of esters is 1. The Bertz CT molecular complexity index is 1690. The maximum atomic E-state index is 13.7. The van der Waals surface area contributed by atoms with E-state index in [1.807, 2.05) is 53.9 Å². The Hall–Kier alpha value is -3.23. The summed E-state index contributed by atoms with van der Waals surface area (Å²) in [4.78, 5) is 31.5. The molecular formula is C29H19BrCl2N2O3S. The number of para-hydroxylation sites is 1. The number of pyridine rings is 1. The molecule has 2 heterocycles. The van der Waals surface area contributed by atoms with Gasteiger partial charge in [-0.15, -0.1) is 11.3 Å². The van der Waals surface area contributed by atoms with Crippen molar-refractivity contribution in [2.45, 2.75) is 6.92 Å². The zero-order chi connectivity index (χ0) is 26.8. The van der Waals surface area contributed by atoms with E-state index < -0.39 is 5.97 Å². The monoisotopic (exact) mass is 624 g/mol. The first-order chi connectivity index (χ1) is 18.4. The zero-order valence-corrected chi connectivity index (χ0v) is 23.8. The molecule has 2 aromatic heterocycles. The first-order valence-corrected chi connectivity index (χ1v) is 14.0. The Labute approximate surface area is 241 Å². The highest BCUT2D eigenvalue weighted by Gasteiger charge is 2.24. The summed E-state index contributed by atoms with van der Waals surface area (Å²) in [6, 6.07) is 21.9. The lowest BCUT2D eigenvalue weighted by molar-refractivity contribution is 0.0529. The molecular weight excluding hydrogens is 607 g/mol. The summed E-state index contributed by atoms with van der Waals surface area (Å²) < 4.78 is 6.26. The van der Waals surface area contributed by atoms with Crippen LogP contribution in [0.25, 0.3) is 33.3 Å². The predicted octanol–water partition coefficient (Wildman–Crippen LogP) is 9.13. The van der Waals surface area contributed by atoms with Crippen LogP contribution in [0.15, 0.2) is 82.6 Å². The Kier molecular flexibility index (Phi) is 7.81. The zero-order valence-electron chi connectivity index (χ0n) is 19.9. The number of nitrogens with zero attached hydrogens (tertiary/aromatic N) is 1. The smallest absolute Gasteiger partial charge is 0.341 e. The van der Waals surface area contributed by atoms with E-state index in [1.165, 1.54) is 11.3 Å². The van der Waals surface area contributed by atoms with Gasteiger partial charge in [0.15, 0.2) is 0 Å². The number of carbonyl (C=O) groups excluding carboxylic acids is 2. The molecule has 38 heavy (non-hydrogen) atoms. The van der Waals surface area contributed by atoms with Gasteiger partial charge in [-0.2, -0.15) is 0 Å². The number of halogens is 3. The first-order valence-electron chi connectivity index (χ1n) is 11.6. The van der Waals surface area contributed by atoms with Crippen LogP contribution in [0.3, 0.4) is 0 Å². The SMILES string of the molecule is CCOC(=O)c1c(-c2ccc(Br)cc2)csc1NC(=O)c1cc(-c2ccc(Cl)c(Cl)c2)nc2ccccc12. The van der Waals surface area contributed by atoms with Crippen molar-refractivity contribution >= 4 is 78.2 Å². The summed E-state index contributed by atoms with van der Waals surface area (Å²) in [5.41, 5.74) is 4.19. The van der Waals surface area contributed by atoms with E-state index in [0.29, 0.717) is 48.3 Å². The van der Waals surface area contributed by atoms with Gasteiger partial charge in [0.1, 0.15) is 10.6 Å². The minimum absolute atomic E-state index is 0.212. The van der Waals surface area contributed by atoms with Gasteiger partial charge in [0.25, 0.3) is 5.91 Å². The third kappa shape index (κ3) is 5.33. The molecule has 5 nitrogen and oxygen atoms in total. The number of anilines is 1. The lowest BCUT2D eigenvalue weighted by Gasteiger charge is -2.12. The fraction of sp³-hybridized carbons (Fsp3) is 0.0690. The number of carbonyl (C=O) groups is 2. The molecule has 0 radical (unpaired) electrons. The number of ether oxygens (including phenoxy) is 1. The molecule has 0 aliphatic heterocycles. The number of hydrogen-bond acceptors (Lipinski definition) is 5. The van der Waals surface area contributed by atoms with E-state index in [0.717, 1.165) is 15.6 Å². The van der Waals surface area contributed by atoms with Gasteiger partial charge in [-0.05, 0) is 48.9 Å². The van der Waals surface area contributed by atoms with Crippen molar-refractivity contribution in [1.82, 2.24) is 4.98 Å². The second kappa shape index (κ2) is 11.3. The quantitative estimate of drug-likeness (QED) is 0.191.